The van der Waals surface area contributed by atoms with E-state index in [0.717, 1.165) is 42.8 Å². The van der Waals surface area contributed by atoms with Crippen molar-refractivity contribution in [3.63, 3.8) is 0 Å². The molecule has 2 N–H and O–H groups in total. The number of carboxylic acids is 1. The molecule has 1 aliphatic carbocycles. The summed E-state index contributed by atoms with van der Waals surface area (Å²) in [5.41, 5.74) is 1.06. The van der Waals surface area contributed by atoms with Gasteiger partial charge in [-0.25, -0.2) is 0 Å². The number of hydrogen-bond donors (Lipinski definition) is 2. The summed E-state index contributed by atoms with van der Waals surface area (Å²) in [6.07, 6.45) is 4.00. The first-order valence-corrected chi connectivity index (χ1v) is 7.23. The topological polar surface area (TPSA) is 49.3 Å². The minimum atomic E-state index is -0.649. The molecule has 1 aromatic rings. The molecule has 0 bridgehead atoms. The summed E-state index contributed by atoms with van der Waals surface area (Å²) in [7, 11) is 0. The highest BCUT2D eigenvalue weighted by Gasteiger charge is 2.30. The van der Waals surface area contributed by atoms with Gasteiger partial charge in [0.1, 0.15) is 0 Å². The van der Waals surface area contributed by atoms with Crippen LogP contribution >= 0.6 is 11.6 Å². The van der Waals surface area contributed by atoms with Crippen molar-refractivity contribution >= 4 is 17.6 Å². The van der Waals surface area contributed by atoms with Gasteiger partial charge in [0, 0.05) is 11.6 Å². The van der Waals surface area contributed by atoms with E-state index < -0.39 is 5.97 Å². The SMILES string of the molecule is O=C(O)C1CCCCC1CNCc1ccccc1Cl. The lowest BCUT2D eigenvalue weighted by atomic mass is 9.79. The Balaban J connectivity index is 1.84. The van der Waals surface area contributed by atoms with Crippen LogP contribution in [-0.4, -0.2) is 17.6 Å². The Labute approximate surface area is 119 Å². The van der Waals surface area contributed by atoms with E-state index in [1.54, 1.807) is 0 Å². The molecule has 1 fully saturated rings. The lowest BCUT2D eigenvalue weighted by Crippen LogP contribution is -2.34. The molecular formula is C15H20ClNO2. The Hall–Kier alpha value is -1.06. The maximum Gasteiger partial charge on any atom is 0.306 e. The Morgan fingerprint density at radius 3 is 2.79 bits per heavy atom. The molecule has 4 heteroatoms. The highest BCUT2D eigenvalue weighted by molar-refractivity contribution is 6.31. The number of rotatable bonds is 5. The molecule has 0 spiro atoms. The van der Waals surface area contributed by atoms with Crippen LogP contribution in [0.1, 0.15) is 31.2 Å². The molecule has 0 heterocycles. The minimum Gasteiger partial charge on any atom is -0.481 e. The van der Waals surface area contributed by atoms with Crippen molar-refractivity contribution < 1.29 is 9.90 Å². The fourth-order valence-electron chi connectivity index (χ4n) is 2.81. The number of benzene rings is 1. The third-order valence-electron chi connectivity index (χ3n) is 3.91. The number of aliphatic carboxylic acids is 1. The van der Waals surface area contributed by atoms with Crippen molar-refractivity contribution in [2.75, 3.05) is 6.54 Å². The largest absolute Gasteiger partial charge is 0.481 e. The predicted octanol–water partition coefficient (Wildman–Crippen LogP) is 3.32. The van der Waals surface area contributed by atoms with Crippen molar-refractivity contribution in [2.24, 2.45) is 11.8 Å². The summed E-state index contributed by atoms with van der Waals surface area (Å²) >= 11 is 6.09. The third-order valence-corrected chi connectivity index (χ3v) is 4.27. The van der Waals surface area contributed by atoms with Gasteiger partial charge in [-0.1, -0.05) is 42.6 Å². The van der Waals surface area contributed by atoms with Gasteiger partial charge in [-0.05, 0) is 36.9 Å². The molecule has 0 aliphatic heterocycles. The van der Waals surface area contributed by atoms with E-state index in [0.29, 0.717) is 6.54 Å². The fraction of sp³-hybridized carbons (Fsp3) is 0.533. The van der Waals surface area contributed by atoms with Crippen LogP contribution in [0.4, 0.5) is 0 Å². The van der Waals surface area contributed by atoms with Gasteiger partial charge in [-0.3, -0.25) is 4.79 Å². The fourth-order valence-corrected chi connectivity index (χ4v) is 3.01. The second kappa shape index (κ2) is 6.92. The van der Waals surface area contributed by atoms with Gasteiger partial charge >= 0.3 is 5.97 Å². The molecule has 1 aliphatic rings. The average molecular weight is 282 g/mol. The average Bonchev–Trinajstić information content (AvgIpc) is 2.41. The van der Waals surface area contributed by atoms with Crippen LogP contribution in [0.5, 0.6) is 0 Å². The second-order valence-electron chi connectivity index (χ2n) is 5.21. The number of carbonyl (C=O) groups is 1. The van der Waals surface area contributed by atoms with E-state index in [2.05, 4.69) is 5.32 Å². The summed E-state index contributed by atoms with van der Waals surface area (Å²) in [4.78, 5) is 11.2. The zero-order chi connectivity index (χ0) is 13.7. The molecule has 2 rings (SSSR count). The van der Waals surface area contributed by atoms with Gasteiger partial charge in [-0.2, -0.15) is 0 Å². The van der Waals surface area contributed by atoms with E-state index in [1.165, 1.54) is 0 Å². The molecule has 1 saturated carbocycles. The summed E-state index contributed by atoms with van der Waals surface area (Å²) in [6.45, 7) is 1.45. The van der Waals surface area contributed by atoms with Gasteiger partial charge < -0.3 is 10.4 Å². The number of carboxylic acid groups (broad SMARTS) is 1. The smallest absolute Gasteiger partial charge is 0.306 e. The Morgan fingerprint density at radius 2 is 2.05 bits per heavy atom. The maximum absolute atomic E-state index is 11.2. The second-order valence-corrected chi connectivity index (χ2v) is 5.62. The summed E-state index contributed by atoms with van der Waals surface area (Å²) < 4.78 is 0. The molecular weight excluding hydrogens is 262 g/mol. The number of hydrogen-bond acceptors (Lipinski definition) is 2. The van der Waals surface area contributed by atoms with Crippen LogP contribution < -0.4 is 5.32 Å². The summed E-state index contributed by atoms with van der Waals surface area (Å²) in [6, 6.07) is 7.74. The molecule has 19 heavy (non-hydrogen) atoms. The third kappa shape index (κ3) is 3.95. The lowest BCUT2D eigenvalue weighted by molar-refractivity contribution is -0.144. The molecule has 0 radical (unpaired) electrons. The zero-order valence-corrected chi connectivity index (χ0v) is 11.7. The molecule has 0 amide bonds. The van der Waals surface area contributed by atoms with Crippen molar-refractivity contribution in [3.8, 4) is 0 Å². The standard InChI is InChI=1S/C15H20ClNO2/c16-14-8-4-2-6-12(14)10-17-9-11-5-1-3-7-13(11)15(18)19/h2,4,6,8,11,13,17H,1,3,5,7,9-10H2,(H,18,19). The molecule has 0 aromatic heterocycles. The van der Waals surface area contributed by atoms with E-state index in [1.807, 2.05) is 24.3 Å². The lowest BCUT2D eigenvalue weighted by Gasteiger charge is -2.28. The highest BCUT2D eigenvalue weighted by Crippen LogP contribution is 2.29. The molecule has 2 atom stereocenters. The van der Waals surface area contributed by atoms with Crippen LogP contribution in [0.15, 0.2) is 24.3 Å². The Kier molecular flexibility index (Phi) is 5.23. The first kappa shape index (κ1) is 14.4. The van der Waals surface area contributed by atoms with Gasteiger partial charge in [0.25, 0.3) is 0 Å². The van der Waals surface area contributed by atoms with Crippen molar-refractivity contribution in [2.45, 2.75) is 32.2 Å². The van der Waals surface area contributed by atoms with Gasteiger partial charge in [0.2, 0.25) is 0 Å². The zero-order valence-electron chi connectivity index (χ0n) is 10.9. The van der Waals surface area contributed by atoms with Crippen LogP contribution in [-0.2, 0) is 11.3 Å². The number of halogens is 1. The van der Waals surface area contributed by atoms with Crippen LogP contribution in [0, 0.1) is 11.8 Å². The maximum atomic E-state index is 11.2. The minimum absolute atomic E-state index is 0.188. The van der Waals surface area contributed by atoms with E-state index in [9.17, 15) is 9.90 Å². The van der Waals surface area contributed by atoms with E-state index in [-0.39, 0.29) is 11.8 Å². The van der Waals surface area contributed by atoms with E-state index >= 15 is 0 Å². The highest BCUT2D eigenvalue weighted by atomic mass is 35.5. The molecule has 104 valence electrons. The van der Waals surface area contributed by atoms with Gasteiger partial charge in [0.15, 0.2) is 0 Å². The van der Waals surface area contributed by atoms with Gasteiger partial charge in [0.05, 0.1) is 5.92 Å². The Morgan fingerprint density at radius 1 is 1.32 bits per heavy atom. The molecule has 0 saturated heterocycles. The first-order chi connectivity index (χ1) is 9.18. The molecule has 3 nitrogen and oxygen atoms in total. The van der Waals surface area contributed by atoms with Crippen LogP contribution in [0.3, 0.4) is 0 Å². The van der Waals surface area contributed by atoms with E-state index in [4.69, 9.17) is 11.6 Å². The summed E-state index contributed by atoms with van der Waals surface area (Å²) in [5, 5.41) is 13.3. The first-order valence-electron chi connectivity index (χ1n) is 6.85. The normalized spacial score (nSPS) is 23.2. The molecule has 2 unspecified atom stereocenters. The van der Waals surface area contributed by atoms with Gasteiger partial charge in [-0.15, -0.1) is 0 Å². The summed E-state index contributed by atoms with van der Waals surface area (Å²) in [5.74, 6) is -0.592. The van der Waals surface area contributed by atoms with Crippen LogP contribution in [0.2, 0.25) is 5.02 Å². The van der Waals surface area contributed by atoms with Crippen molar-refractivity contribution in [3.05, 3.63) is 34.9 Å². The Bertz CT molecular complexity index is 436. The quantitative estimate of drug-likeness (QED) is 0.870. The predicted molar refractivity (Wildman–Crippen MR) is 76.2 cm³/mol. The number of nitrogens with one attached hydrogen (secondary N) is 1. The molecule has 1 aromatic carbocycles. The van der Waals surface area contributed by atoms with Crippen LogP contribution in [0.25, 0.3) is 0 Å². The monoisotopic (exact) mass is 281 g/mol. The van der Waals surface area contributed by atoms with Crippen molar-refractivity contribution in [1.29, 1.82) is 0 Å². The van der Waals surface area contributed by atoms with Crippen molar-refractivity contribution in [1.82, 2.24) is 5.32 Å².